The molecule has 0 spiro atoms. The van der Waals surface area contributed by atoms with Crippen LogP contribution in [0.15, 0.2) is 18.2 Å². The molecule has 1 atom stereocenters. The number of rotatable bonds is 5. The largest absolute Gasteiger partial charge is 0.352 e. The highest BCUT2D eigenvalue weighted by Crippen LogP contribution is 2.32. The number of hydrogen-bond acceptors (Lipinski definition) is 2. The molecule has 0 aliphatic carbocycles. The molecule has 1 amide bonds. The van der Waals surface area contributed by atoms with Crippen molar-refractivity contribution in [2.75, 3.05) is 13.1 Å². The average Bonchev–Trinajstić information content (AvgIpc) is 2.49. The first-order valence-electron chi connectivity index (χ1n) is 7.50. The van der Waals surface area contributed by atoms with E-state index in [0.717, 1.165) is 44.3 Å². The van der Waals surface area contributed by atoms with Crippen molar-refractivity contribution in [3.05, 3.63) is 34.6 Å². The number of carbonyl (C=O) groups excluding carboxylic acids is 1. The molecule has 1 aromatic rings. The average molecular weight is 313 g/mol. The highest BCUT2D eigenvalue weighted by molar-refractivity contribution is 6.30. The van der Waals surface area contributed by atoms with Crippen molar-refractivity contribution in [2.24, 2.45) is 5.41 Å². The lowest BCUT2D eigenvalue weighted by Gasteiger charge is -2.36. The third-order valence-electron chi connectivity index (χ3n) is 4.12. The highest BCUT2D eigenvalue weighted by Gasteiger charge is 2.38. The lowest BCUT2D eigenvalue weighted by Crippen LogP contribution is -2.50. The van der Waals surface area contributed by atoms with Crippen LogP contribution in [-0.2, 0) is 11.3 Å². The Morgan fingerprint density at radius 1 is 1.52 bits per heavy atom. The van der Waals surface area contributed by atoms with Crippen LogP contribution in [-0.4, -0.2) is 19.0 Å². The standard InChI is InChI=1S/C16H22ClFN2O/c1-2-6-16(7-3-8-19-11-16)15(21)20-10-12-4-5-14(18)13(17)9-12/h4-5,9,19H,2-3,6-8,10-11H2,1H3,(H,20,21). The summed E-state index contributed by atoms with van der Waals surface area (Å²) in [6.45, 7) is 4.19. The Bertz CT molecular complexity index is 496. The number of nitrogens with one attached hydrogen (secondary N) is 2. The molecule has 0 radical (unpaired) electrons. The maximum Gasteiger partial charge on any atom is 0.227 e. The third-order valence-corrected chi connectivity index (χ3v) is 4.41. The Hall–Kier alpha value is -1.13. The number of halogens is 2. The molecule has 2 rings (SSSR count). The zero-order valence-electron chi connectivity index (χ0n) is 12.3. The highest BCUT2D eigenvalue weighted by atomic mass is 35.5. The molecule has 0 aromatic heterocycles. The zero-order valence-corrected chi connectivity index (χ0v) is 13.1. The van der Waals surface area contributed by atoms with Gasteiger partial charge in [0, 0.05) is 13.1 Å². The van der Waals surface area contributed by atoms with Crippen molar-refractivity contribution in [2.45, 2.75) is 39.2 Å². The topological polar surface area (TPSA) is 41.1 Å². The molecule has 1 saturated heterocycles. The van der Waals surface area contributed by atoms with Crippen molar-refractivity contribution in [3.8, 4) is 0 Å². The molecule has 21 heavy (non-hydrogen) atoms. The van der Waals surface area contributed by atoms with E-state index in [1.165, 1.54) is 6.07 Å². The van der Waals surface area contributed by atoms with Gasteiger partial charge in [0.05, 0.1) is 10.4 Å². The fraction of sp³-hybridized carbons (Fsp3) is 0.562. The number of carbonyl (C=O) groups is 1. The summed E-state index contributed by atoms with van der Waals surface area (Å²) in [5.41, 5.74) is 0.502. The van der Waals surface area contributed by atoms with Gasteiger partial charge in [0.25, 0.3) is 0 Å². The molecule has 3 nitrogen and oxygen atoms in total. The Morgan fingerprint density at radius 2 is 2.33 bits per heavy atom. The summed E-state index contributed by atoms with van der Waals surface area (Å²) >= 11 is 5.76. The molecule has 1 aliphatic heterocycles. The summed E-state index contributed by atoms with van der Waals surface area (Å²) in [4.78, 5) is 12.6. The molecular formula is C16H22ClFN2O. The van der Waals surface area contributed by atoms with Gasteiger partial charge in [0.2, 0.25) is 5.91 Å². The second kappa shape index (κ2) is 7.23. The number of benzene rings is 1. The third kappa shape index (κ3) is 3.95. The maximum absolute atomic E-state index is 13.1. The molecule has 1 heterocycles. The van der Waals surface area contributed by atoms with Gasteiger partial charge in [-0.25, -0.2) is 4.39 Å². The van der Waals surface area contributed by atoms with Crippen LogP contribution in [0, 0.1) is 11.2 Å². The van der Waals surface area contributed by atoms with Crippen molar-refractivity contribution in [3.63, 3.8) is 0 Å². The SMILES string of the molecule is CCCC1(C(=O)NCc2ccc(F)c(Cl)c2)CCCNC1. The lowest BCUT2D eigenvalue weighted by molar-refractivity contribution is -0.132. The minimum Gasteiger partial charge on any atom is -0.352 e. The summed E-state index contributed by atoms with van der Waals surface area (Å²) in [6.07, 6.45) is 3.81. The molecular weight excluding hydrogens is 291 g/mol. The van der Waals surface area contributed by atoms with Crippen molar-refractivity contribution in [1.29, 1.82) is 0 Å². The van der Waals surface area contributed by atoms with Gasteiger partial charge >= 0.3 is 0 Å². The zero-order chi connectivity index (χ0) is 15.3. The van der Waals surface area contributed by atoms with Crippen LogP contribution in [0.3, 0.4) is 0 Å². The Balaban J connectivity index is 2.00. The van der Waals surface area contributed by atoms with Gasteiger partial charge in [-0.2, -0.15) is 0 Å². The smallest absolute Gasteiger partial charge is 0.227 e. The van der Waals surface area contributed by atoms with E-state index in [9.17, 15) is 9.18 Å². The summed E-state index contributed by atoms with van der Waals surface area (Å²) in [6, 6.07) is 4.53. The second-order valence-corrected chi connectivity index (χ2v) is 6.15. The van der Waals surface area contributed by atoms with Gasteiger partial charge in [-0.1, -0.05) is 31.0 Å². The normalized spacial score (nSPS) is 22.0. The molecule has 1 unspecified atom stereocenters. The van der Waals surface area contributed by atoms with Gasteiger partial charge in [-0.3, -0.25) is 4.79 Å². The van der Waals surface area contributed by atoms with E-state index in [2.05, 4.69) is 17.6 Å². The number of hydrogen-bond donors (Lipinski definition) is 2. The Labute approximate surface area is 130 Å². The number of amides is 1. The van der Waals surface area contributed by atoms with E-state index < -0.39 is 5.82 Å². The van der Waals surface area contributed by atoms with E-state index >= 15 is 0 Å². The van der Waals surface area contributed by atoms with E-state index in [0.29, 0.717) is 6.54 Å². The van der Waals surface area contributed by atoms with Crippen LogP contribution < -0.4 is 10.6 Å². The van der Waals surface area contributed by atoms with Crippen LogP contribution in [0.1, 0.15) is 38.2 Å². The Morgan fingerprint density at radius 3 is 2.95 bits per heavy atom. The first-order valence-corrected chi connectivity index (χ1v) is 7.88. The fourth-order valence-corrected chi connectivity index (χ4v) is 3.19. The van der Waals surface area contributed by atoms with Gasteiger partial charge in [-0.15, -0.1) is 0 Å². The predicted octanol–water partition coefficient (Wildman–Crippen LogP) is 3.27. The molecule has 1 fully saturated rings. The van der Waals surface area contributed by atoms with Crippen molar-refractivity contribution < 1.29 is 9.18 Å². The van der Waals surface area contributed by atoms with Gasteiger partial charge < -0.3 is 10.6 Å². The minimum atomic E-state index is -0.439. The predicted molar refractivity (Wildman–Crippen MR) is 82.7 cm³/mol. The minimum absolute atomic E-state index is 0.0806. The monoisotopic (exact) mass is 312 g/mol. The first kappa shape index (κ1) is 16.2. The summed E-state index contributed by atoms with van der Waals surface area (Å²) < 4.78 is 13.1. The number of piperidine rings is 1. The summed E-state index contributed by atoms with van der Waals surface area (Å²) in [5, 5.41) is 6.39. The molecule has 1 aliphatic rings. The molecule has 116 valence electrons. The van der Waals surface area contributed by atoms with Crippen molar-refractivity contribution in [1.82, 2.24) is 10.6 Å². The molecule has 2 N–H and O–H groups in total. The van der Waals surface area contributed by atoms with Gasteiger partial charge in [0.1, 0.15) is 5.82 Å². The quantitative estimate of drug-likeness (QED) is 0.876. The summed E-state index contributed by atoms with van der Waals surface area (Å²) in [5.74, 6) is -0.359. The van der Waals surface area contributed by atoms with E-state index in [1.54, 1.807) is 12.1 Å². The van der Waals surface area contributed by atoms with E-state index in [-0.39, 0.29) is 16.3 Å². The van der Waals surface area contributed by atoms with Crippen LogP contribution in [0.5, 0.6) is 0 Å². The van der Waals surface area contributed by atoms with Crippen LogP contribution in [0.25, 0.3) is 0 Å². The van der Waals surface area contributed by atoms with Gasteiger partial charge in [-0.05, 0) is 43.5 Å². The second-order valence-electron chi connectivity index (χ2n) is 5.74. The molecule has 0 saturated carbocycles. The van der Waals surface area contributed by atoms with Crippen molar-refractivity contribution >= 4 is 17.5 Å². The maximum atomic E-state index is 13.1. The fourth-order valence-electron chi connectivity index (χ4n) is 2.99. The van der Waals surface area contributed by atoms with Crippen LogP contribution >= 0.6 is 11.6 Å². The first-order chi connectivity index (χ1) is 10.1. The van der Waals surface area contributed by atoms with Crippen LogP contribution in [0.2, 0.25) is 5.02 Å². The Kier molecular flexibility index (Phi) is 5.59. The molecule has 5 heteroatoms. The van der Waals surface area contributed by atoms with Gasteiger partial charge in [0.15, 0.2) is 0 Å². The lowest BCUT2D eigenvalue weighted by atomic mass is 9.76. The molecule has 1 aromatic carbocycles. The van der Waals surface area contributed by atoms with E-state index in [4.69, 9.17) is 11.6 Å². The summed E-state index contributed by atoms with van der Waals surface area (Å²) in [7, 11) is 0. The van der Waals surface area contributed by atoms with E-state index in [1.807, 2.05) is 0 Å². The molecule has 0 bridgehead atoms. The van der Waals surface area contributed by atoms with Crippen LogP contribution in [0.4, 0.5) is 4.39 Å².